The summed E-state index contributed by atoms with van der Waals surface area (Å²) in [7, 11) is 0. The second-order valence-corrected chi connectivity index (χ2v) is 10.0. The molecular formula is C28H22FN5O5S. The highest BCUT2D eigenvalue weighted by molar-refractivity contribution is 8.14. The van der Waals surface area contributed by atoms with Crippen LogP contribution in [0.5, 0.6) is 11.5 Å². The molecule has 1 unspecified atom stereocenters. The van der Waals surface area contributed by atoms with E-state index in [4.69, 9.17) is 9.47 Å². The summed E-state index contributed by atoms with van der Waals surface area (Å²) in [5.41, 5.74) is 2.56. The van der Waals surface area contributed by atoms with Crippen molar-refractivity contribution in [2.75, 3.05) is 17.9 Å². The van der Waals surface area contributed by atoms with Crippen LogP contribution >= 0.6 is 11.8 Å². The van der Waals surface area contributed by atoms with Gasteiger partial charge < -0.3 is 20.1 Å². The van der Waals surface area contributed by atoms with Crippen molar-refractivity contribution in [3.8, 4) is 11.5 Å². The van der Waals surface area contributed by atoms with E-state index in [-0.39, 0.29) is 37.3 Å². The number of carbonyl (C=O) groups excluding carboxylic acids is 3. The van der Waals surface area contributed by atoms with Crippen LogP contribution in [0.3, 0.4) is 0 Å². The quantitative estimate of drug-likeness (QED) is 0.456. The topological polar surface area (TPSA) is 122 Å². The summed E-state index contributed by atoms with van der Waals surface area (Å²) >= 11 is 1.08. The number of carbonyl (C=O) groups is 3. The van der Waals surface area contributed by atoms with Crippen LogP contribution in [0.2, 0.25) is 0 Å². The van der Waals surface area contributed by atoms with Gasteiger partial charge in [-0.15, -0.1) is 0 Å². The first-order valence-electron chi connectivity index (χ1n) is 12.4. The first-order chi connectivity index (χ1) is 19.4. The zero-order valence-electron chi connectivity index (χ0n) is 20.9. The molecule has 1 atom stereocenters. The van der Waals surface area contributed by atoms with Crippen molar-refractivity contribution in [1.82, 2.24) is 10.2 Å². The van der Waals surface area contributed by atoms with Crippen molar-refractivity contribution >= 4 is 51.9 Å². The summed E-state index contributed by atoms with van der Waals surface area (Å²) in [5.74, 6) is 0.145. The molecule has 12 heteroatoms. The van der Waals surface area contributed by atoms with Crippen LogP contribution in [-0.2, 0) is 20.9 Å². The van der Waals surface area contributed by atoms with Crippen LogP contribution in [-0.4, -0.2) is 52.2 Å². The maximum atomic E-state index is 13.4. The SMILES string of the molecule is O=C(CC1N=C2c3ccccc3N=C(SCC(=O)Nc3ccc(F)cc3)N2C1=O)NCc1ccc2c(c1)OCO2. The predicted molar refractivity (Wildman–Crippen MR) is 147 cm³/mol. The molecule has 202 valence electrons. The van der Waals surface area contributed by atoms with Crippen LogP contribution in [0.4, 0.5) is 15.8 Å². The van der Waals surface area contributed by atoms with Gasteiger partial charge in [0.25, 0.3) is 5.91 Å². The zero-order chi connectivity index (χ0) is 27.6. The fourth-order valence-corrected chi connectivity index (χ4v) is 5.19. The summed E-state index contributed by atoms with van der Waals surface area (Å²) in [6.45, 7) is 0.419. The lowest BCUT2D eigenvalue weighted by molar-refractivity contribution is -0.128. The molecule has 3 aromatic carbocycles. The number of thioether (sulfide) groups is 1. The van der Waals surface area contributed by atoms with Crippen molar-refractivity contribution < 1.29 is 28.2 Å². The summed E-state index contributed by atoms with van der Waals surface area (Å²) in [5, 5.41) is 5.81. The Morgan fingerprint density at radius 1 is 1.02 bits per heavy atom. The average molecular weight is 560 g/mol. The minimum absolute atomic E-state index is 0.0455. The van der Waals surface area contributed by atoms with Crippen LogP contribution in [0.15, 0.2) is 76.7 Å². The minimum Gasteiger partial charge on any atom is -0.454 e. The molecule has 3 aliphatic heterocycles. The summed E-state index contributed by atoms with van der Waals surface area (Å²) < 4.78 is 23.8. The molecule has 0 saturated heterocycles. The number of nitrogens with one attached hydrogen (secondary N) is 2. The van der Waals surface area contributed by atoms with Crippen molar-refractivity contribution in [2.45, 2.75) is 19.0 Å². The first-order valence-corrected chi connectivity index (χ1v) is 13.4. The van der Waals surface area contributed by atoms with E-state index in [0.29, 0.717) is 39.4 Å². The molecule has 0 radical (unpaired) electrons. The normalized spacial score (nSPS) is 16.6. The molecule has 2 N–H and O–H groups in total. The highest BCUT2D eigenvalue weighted by atomic mass is 32.2. The number of ether oxygens (including phenoxy) is 2. The number of aliphatic imine (C=N–C) groups is 2. The van der Waals surface area contributed by atoms with Gasteiger partial charge in [-0.3, -0.25) is 19.4 Å². The van der Waals surface area contributed by atoms with E-state index in [1.165, 1.54) is 29.2 Å². The monoisotopic (exact) mass is 559 g/mol. The smallest absolute Gasteiger partial charge is 0.259 e. The first kappa shape index (κ1) is 25.6. The van der Waals surface area contributed by atoms with Gasteiger partial charge in [0.2, 0.25) is 18.6 Å². The standard InChI is InChI=1S/C28H22FN5O5S/c29-17-6-8-18(9-7-17)31-25(36)14-40-28-33-20-4-2-1-3-19(20)26-32-21(27(37)34(26)28)12-24(35)30-13-16-5-10-22-23(11-16)39-15-38-22/h1-11,21H,12-15H2,(H,30,35)(H,31,36). The molecule has 10 nitrogen and oxygen atoms in total. The number of hydrogen-bond acceptors (Lipinski definition) is 8. The van der Waals surface area contributed by atoms with Crippen LogP contribution in [0, 0.1) is 5.82 Å². The number of para-hydroxylation sites is 1. The van der Waals surface area contributed by atoms with Gasteiger partial charge in [-0.25, -0.2) is 14.3 Å². The van der Waals surface area contributed by atoms with Gasteiger partial charge in [0.1, 0.15) is 17.7 Å². The Morgan fingerprint density at radius 2 is 1.82 bits per heavy atom. The zero-order valence-corrected chi connectivity index (χ0v) is 21.7. The van der Waals surface area contributed by atoms with Crippen LogP contribution in [0.1, 0.15) is 17.5 Å². The fraction of sp³-hybridized carbons (Fsp3) is 0.179. The van der Waals surface area contributed by atoms with E-state index in [2.05, 4.69) is 20.6 Å². The molecule has 3 aromatic rings. The number of benzene rings is 3. The second-order valence-electron chi connectivity index (χ2n) is 9.07. The Kier molecular flexibility index (Phi) is 6.91. The summed E-state index contributed by atoms with van der Waals surface area (Å²) in [6.07, 6.45) is -0.144. The van der Waals surface area contributed by atoms with E-state index in [0.717, 1.165) is 17.3 Å². The number of amidine groups is 2. The molecule has 3 aliphatic rings. The number of anilines is 1. The van der Waals surface area contributed by atoms with Gasteiger partial charge in [-0.2, -0.15) is 0 Å². The number of nitrogens with zero attached hydrogens (tertiary/aromatic N) is 3. The third-order valence-corrected chi connectivity index (χ3v) is 7.25. The Balaban J connectivity index is 1.12. The third kappa shape index (κ3) is 5.25. The molecule has 6 rings (SSSR count). The van der Waals surface area contributed by atoms with Crippen molar-refractivity contribution in [3.05, 3.63) is 83.7 Å². The largest absolute Gasteiger partial charge is 0.454 e. The Labute approximate surface area is 232 Å². The van der Waals surface area contributed by atoms with Gasteiger partial charge in [-0.1, -0.05) is 30.0 Å². The highest BCUT2D eigenvalue weighted by Crippen LogP contribution is 2.34. The Bertz CT molecular complexity index is 1580. The molecule has 0 aromatic heterocycles. The number of fused-ring (bicyclic) bond motifs is 4. The van der Waals surface area contributed by atoms with E-state index in [1.54, 1.807) is 18.2 Å². The lowest BCUT2D eigenvalue weighted by Gasteiger charge is -2.25. The Hall–Kier alpha value is -4.71. The van der Waals surface area contributed by atoms with Gasteiger partial charge in [0, 0.05) is 17.8 Å². The second kappa shape index (κ2) is 10.8. The van der Waals surface area contributed by atoms with Crippen molar-refractivity contribution in [2.24, 2.45) is 9.98 Å². The fourth-order valence-electron chi connectivity index (χ4n) is 4.39. The number of rotatable bonds is 7. The molecular weight excluding hydrogens is 537 g/mol. The molecule has 0 saturated carbocycles. The van der Waals surface area contributed by atoms with E-state index in [1.807, 2.05) is 24.3 Å². The number of halogens is 1. The van der Waals surface area contributed by atoms with Gasteiger partial charge >= 0.3 is 0 Å². The maximum Gasteiger partial charge on any atom is 0.259 e. The molecule has 0 bridgehead atoms. The third-order valence-electron chi connectivity index (χ3n) is 6.31. The van der Waals surface area contributed by atoms with Crippen LogP contribution < -0.4 is 20.1 Å². The average Bonchev–Trinajstić information content (AvgIpc) is 3.56. The molecule has 0 spiro atoms. The summed E-state index contributed by atoms with van der Waals surface area (Å²) in [6, 6.07) is 17.1. The van der Waals surface area contributed by atoms with E-state index < -0.39 is 17.8 Å². The predicted octanol–water partition coefficient (Wildman–Crippen LogP) is 3.59. The number of amides is 3. The molecule has 3 amide bonds. The van der Waals surface area contributed by atoms with Crippen molar-refractivity contribution in [3.63, 3.8) is 0 Å². The van der Waals surface area contributed by atoms with E-state index in [9.17, 15) is 18.8 Å². The maximum absolute atomic E-state index is 13.4. The van der Waals surface area contributed by atoms with Gasteiger partial charge in [0.05, 0.1) is 17.9 Å². The molecule has 40 heavy (non-hydrogen) atoms. The lowest BCUT2D eigenvalue weighted by atomic mass is 10.1. The lowest BCUT2D eigenvalue weighted by Crippen LogP contribution is -2.42. The van der Waals surface area contributed by atoms with Gasteiger partial charge in [-0.05, 0) is 54.1 Å². The highest BCUT2D eigenvalue weighted by Gasteiger charge is 2.42. The summed E-state index contributed by atoms with van der Waals surface area (Å²) in [4.78, 5) is 49.3. The molecule has 0 aliphatic carbocycles. The molecule has 3 heterocycles. The van der Waals surface area contributed by atoms with Crippen molar-refractivity contribution in [1.29, 1.82) is 0 Å². The Morgan fingerprint density at radius 3 is 2.67 bits per heavy atom. The number of hydrogen-bond donors (Lipinski definition) is 2. The van der Waals surface area contributed by atoms with Crippen LogP contribution in [0.25, 0.3) is 0 Å². The molecule has 0 fully saturated rings. The minimum atomic E-state index is -0.934. The van der Waals surface area contributed by atoms with E-state index >= 15 is 0 Å². The van der Waals surface area contributed by atoms with Gasteiger partial charge in [0.15, 0.2) is 16.7 Å².